The Morgan fingerprint density at radius 1 is 1.29 bits per heavy atom. The molecule has 0 saturated carbocycles. The second-order valence-corrected chi connectivity index (χ2v) is 5.45. The van der Waals surface area contributed by atoms with Crippen molar-refractivity contribution < 1.29 is 4.79 Å². The number of benzene rings is 1. The van der Waals surface area contributed by atoms with Crippen LogP contribution in [-0.2, 0) is 0 Å². The Balaban J connectivity index is 1.82. The summed E-state index contributed by atoms with van der Waals surface area (Å²) in [6.07, 6.45) is 0. The van der Waals surface area contributed by atoms with Gasteiger partial charge < -0.3 is 21.3 Å². The molecule has 0 spiro atoms. The van der Waals surface area contributed by atoms with E-state index in [9.17, 15) is 4.79 Å². The van der Waals surface area contributed by atoms with E-state index in [-0.39, 0.29) is 5.91 Å². The maximum absolute atomic E-state index is 11.5. The number of carbonyl (C=O) groups excluding carboxylic acids is 1. The smallest absolute Gasteiger partial charge is 0.251 e. The summed E-state index contributed by atoms with van der Waals surface area (Å²) in [6, 6.07) is 5.36. The van der Waals surface area contributed by atoms with Crippen LogP contribution >= 0.6 is 0 Å². The first kappa shape index (κ1) is 15.6. The number of rotatable bonds is 5. The zero-order chi connectivity index (χ0) is 15.2. The first-order valence-corrected chi connectivity index (χ1v) is 7.36. The number of carbonyl (C=O) groups is 1. The van der Waals surface area contributed by atoms with Crippen LogP contribution in [0.1, 0.15) is 10.4 Å². The van der Waals surface area contributed by atoms with Crippen LogP contribution in [0.4, 0.5) is 11.4 Å². The summed E-state index contributed by atoms with van der Waals surface area (Å²) in [5.74, 6) is -0.120. The minimum absolute atomic E-state index is 0.120. The molecule has 0 unspecified atom stereocenters. The summed E-state index contributed by atoms with van der Waals surface area (Å²) in [6.45, 7) is 6.34. The molecule has 6 nitrogen and oxygen atoms in total. The number of nitrogen functional groups attached to an aromatic ring is 1. The Kier molecular flexibility index (Phi) is 5.41. The van der Waals surface area contributed by atoms with Crippen LogP contribution < -0.4 is 16.4 Å². The van der Waals surface area contributed by atoms with Crippen molar-refractivity contribution in [3.8, 4) is 0 Å². The van der Waals surface area contributed by atoms with Crippen LogP contribution in [0.2, 0.25) is 0 Å². The third kappa shape index (κ3) is 4.34. The molecular formula is C15H25N5O. The Morgan fingerprint density at radius 2 is 2.00 bits per heavy atom. The zero-order valence-corrected chi connectivity index (χ0v) is 12.9. The van der Waals surface area contributed by atoms with E-state index in [1.54, 1.807) is 19.2 Å². The maximum atomic E-state index is 11.5. The number of nitrogens with one attached hydrogen (secondary N) is 2. The molecule has 1 aliphatic rings. The molecule has 0 atom stereocenters. The molecule has 1 amide bonds. The minimum Gasteiger partial charge on any atom is -0.397 e. The van der Waals surface area contributed by atoms with Gasteiger partial charge in [-0.2, -0.15) is 0 Å². The fraction of sp³-hybridized carbons (Fsp3) is 0.533. The first-order valence-electron chi connectivity index (χ1n) is 7.36. The van der Waals surface area contributed by atoms with Gasteiger partial charge in [0.05, 0.1) is 11.4 Å². The summed E-state index contributed by atoms with van der Waals surface area (Å²) in [5, 5.41) is 5.94. The lowest BCUT2D eigenvalue weighted by Crippen LogP contribution is -2.45. The number of nitrogens with zero attached hydrogens (tertiary/aromatic N) is 2. The lowest BCUT2D eigenvalue weighted by Gasteiger charge is -2.32. The van der Waals surface area contributed by atoms with E-state index in [4.69, 9.17) is 5.73 Å². The molecule has 116 valence electrons. The molecule has 1 aromatic carbocycles. The molecule has 0 aliphatic carbocycles. The first-order chi connectivity index (χ1) is 10.1. The van der Waals surface area contributed by atoms with Gasteiger partial charge in [-0.25, -0.2) is 0 Å². The molecule has 1 fully saturated rings. The maximum Gasteiger partial charge on any atom is 0.251 e. The highest BCUT2D eigenvalue weighted by molar-refractivity contribution is 5.95. The second kappa shape index (κ2) is 7.28. The van der Waals surface area contributed by atoms with Gasteiger partial charge in [0.25, 0.3) is 5.91 Å². The highest BCUT2D eigenvalue weighted by atomic mass is 16.1. The molecule has 1 heterocycles. The van der Waals surface area contributed by atoms with Crippen molar-refractivity contribution in [2.24, 2.45) is 0 Å². The van der Waals surface area contributed by atoms with E-state index in [1.807, 2.05) is 6.07 Å². The Morgan fingerprint density at radius 3 is 2.62 bits per heavy atom. The minimum atomic E-state index is -0.120. The average molecular weight is 291 g/mol. The molecule has 1 aromatic rings. The van der Waals surface area contributed by atoms with E-state index in [2.05, 4.69) is 27.5 Å². The Labute approximate surface area is 126 Å². The van der Waals surface area contributed by atoms with Crippen molar-refractivity contribution in [3.63, 3.8) is 0 Å². The predicted octanol–water partition coefficient (Wildman–Crippen LogP) is 0.288. The number of hydrogen-bond acceptors (Lipinski definition) is 5. The molecule has 4 N–H and O–H groups in total. The molecule has 1 saturated heterocycles. The molecule has 2 rings (SSSR count). The molecule has 21 heavy (non-hydrogen) atoms. The summed E-state index contributed by atoms with van der Waals surface area (Å²) in [4.78, 5) is 16.3. The summed E-state index contributed by atoms with van der Waals surface area (Å²) in [5.41, 5.74) is 8.06. The number of amides is 1. The third-order valence-electron chi connectivity index (χ3n) is 3.88. The van der Waals surface area contributed by atoms with E-state index < -0.39 is 0 Å². The monoisotopic (exact) mass is 291 g/mol. The van der Waals surface area contributed by atoms with Crippen LogP contribution in [0.3, 0.4) is 0 Å². The SMILES string of the molecule is CNC(=O)c1ccc(NCCN2CCN(C)CC2)c(N)c1. The van der Waals surface area contributed by atoms with Gasteiger partial charge in [0.2, 0.25) is 0 Å². The van der Waals surface area contributed by atoms with Crippen molar-refractivity contribution in [1.82, 2.24) is 15.1 Å². The summed E-state index contributed by atoms with van der Waals surface area (Å²) >= 11 is 0. The summed E-state index contributed by atoms with van der Waals surface area (Å²) in [7, 11) is 3.77. The number of likely N-dealkylation sites (N-methyl/N-ethyl adjacent to an activating group) is 1. The van der Waals surface area contributed by atoms with Gasteiger partial charge in [0.15, 0.2) is 0 Å². The van der Waals surface area contributed by atoms with E-state index in [0.29, 0.717) is 11.3 Å². The molecule has 0 aromatic heterocycles. The van der Waals surface area contributed by atoms with E-state index in [0.717, 1.165) is 45.0 Å². The highest BCUT2D eigenvalue weighted by Crippen LogP contribution is 2.19. The lowest BCUT2D eigenvalue weighted by atomic mass is 10.1. The van der Waals surface area contributed by atoms with E-state index >= 15 is 0 Å². The molecule has 6 heteroatoms. The van der Waals surface area contributed by atoms with Crippen molar-refractivity contribution in [1.29, 1.82) is 0 Å². The topological polar surface area (TPSA) is 73.6 Å². The van der Waals surface area contributed by atoms with Crippen molar-refractivity contribution in [3.05, 3.63) is 23.8 Å². The van der Waals surface area contributed by atoms with Gasteiger partial charge in [-0.1, -0.05) is 0 Å². The third-order valence-corrected chi connectivity index (χ3v) is 3.88. The fourth-order valence-electron chi connectivity index (χ4n) is 2.43. The van der Waals surface area contributed by atoms with Gasteiger partial charge in [0, 0.05) is 51.9 Å². The Hall–Kier alpha value is -1.79. The predicted molar refractivity (Wildman–Crippen MR) is 86.7 cm³/mol. The number of anilines is 2. The van der Waals surface area contributed by atoms with Crippen molar-refractivity contribution in [2.45, 2.75) is 0 Å². The fourth-order valence-corrected chi connectivity index (χ4v) is 2.43. The molecule has 0 bridgehead atoms. The van der Waals surface area contributed by atoms with Gasteiger partial charge in [-0.05, 0) is 25.2 Å². The van der Waals surface area contributed by atoms with Crippen LogP contribution in [0.25, 0.3) is 0 Å². The lowest BCUT2D eigenvalue weighted by molar-refractivity contribution is 0.0963. The second-order valence-electron chi connectivity index (χ2n) is 5.45. The Bertz CT molecular complexity index is 483. The van der Waals surface area contributed by atoms with Crippen LogP contribution in [-0.4, -0.2) is 69.1 Å². The van der Waals surface area contributed by atoms with Crippen LogP contribution in [0.15, 0.2) is 18.2 Å². The average Bonchev–Trinajstić information content (AvgIpc) is 2.50. The van der Waals surface area contributed by atoms with Gasteiger partial charge in [-0.15, -0.1) is 0 Å². The molecular weight excluding hydrogens is 266 g/mol. The number of nitrogens with two attached hydrogens (primary N) is 1. The van der Waals surface area contributed by atoms with Crippen LogP contribution in [0, 0.1) is 0 Å². The van der Waals surface area contributed by atoms with Gasteiger partial charge in [0.1, 0.15) is 0 Å². The number of piperazine rings is 1. The van der Waals surface area contributed by atoms with E-state index in [1.165, 1.54) is 0 Å². The normalized spacial score (nSPS) is 16.7. The van der Waals surface area contributed by atoms with Gasteiger partial charge >= 0.3 is 0 Å². The van der Waals surface area contributed by atoms with Crippen molar-refractivity contribution >= 4 is 17.3 Å². The quantitative estimate of drug-likeness (QED) is 0.680. The molecule has 0 radical (unpaired) electrons. The van der Waals surface area contributed by atoms with Crippen LogP contribution in [0.5, 0.6) is 0 Å². The van der Waals surface area contributed by atoms with Crippen molar-refractivity contribution in [2.75, 3.05) is 64.4 Å². The zero-order valence-electron chi connectivity index (χ0n) is 12.9. The highest BCUT2D eigenvalue weighted by Gasteiger charge is 2.13. The largest absolute Gasteiger partial charge is 0.397 e. The summed E-state index contributed by atoms with van der Waals surface area (Å²) < 4.78 is 0. The standard InChI is InChI=1S/C15H25N5O/c1-17-15(21)12-3-4-14(13(16)11-12)18-5-6-20-9-7-19(2)8-10-20/h3-4,11,18H,5-10,16H2,1-2H3,(H,17,21). The molecule has 1 aliphatic heterocycles. The number of hydrogen-bond donors (Lipinski definition) is 3. The van der Waals surface area contributed by atoms with Gasteiger partial charge in [-0.3, -0.25) is 9.69 Å².